The molecule has 3 aromatic rings. The minimum atomic E-state index is -3.80. The van der Waals surface area contributed by atoms with Crippen LogP contribution in [-0.2, 0) is 29.5 Å². The highest BCUT2D eigenvalue weighted by Gasteiger charge is 2.30. The highest BCUT2D eigenvalue weighted by molar-refractivity contribution is 7.89. The number of rotatable bonds is 8. The Hall–Kier alpha value is -2.94. The van der Waals surface area contributed by atoms with Crippen LogP contribution in [0.1, 0.15) is 46.7 Å². The second-order valence-corrected chi connectivity index (χ2v) is 11.1. The van der Waals surface area contributed by atoms with Crippen LogP contribution < -0.4 is 10.0 Å². The van der Waals surface area contributed by atoms with Gasteiger partial charge in [-0.25, -0.2) is 13.1 Å². The molecule has 0 saturated carbocycles. The molecule has 0 aliphatic carbocycles. The number of hydrogen-bond donors (Lipinski definition) is 2. The first-order valence-electron chi connectivity index (χ1n) is 11.4. The third-order valence-corrected chi connectivity index (χ3v) is 7.85. The SMILES string of the molecule is Cc1ccc(S(=O)(=O)NCc2ccco2)cc1C(=O)NCC(C)(C)N1CCc2ccccc2C1. The minimum Gasteiger partial charge on any atom is -0.468 e. The summed E-state index contributed by atoms with van der Waals surface area (Å²) in [6.07, 6.45) is 2.47. The predicted molar refractivity (Wildman–Crippen MR) is 131 cm³/mol. The smallest absolute Gasteiger partial charge is 0.251 e. The van der Waals surface area contributed by atoms with E-state index in [-0.39, 0.29) is 22.9 Å². The van der Waals surface area contributed by atoms with Crippen molar-refractivity contribution in [2.75, 3.05) is 13.1 Å². The van der Waals surface area contributed by atoms with E-state index in [1.165, 1.54) is 29.5 Å². The zero-order chi connectivity index (χ0) is 24.3. The molecule has 180 valence electrons. The summed E-state index contributed by atoms with van der Waals surface area (Å²) >= 11 is 0. The van der Waals surface area contributed by atoms with Gasteiger partial charge >= 0.3 is 0 Å². The van der Waals surface area contributed by atoms with Crippen LogP contribution in [0.2, 0.25) is 0 Å². The Morgan fingerprint density at radius 3 is 2.59 bits per heavy atom. The maximum Gasteiger partial charge on any atom is 0.251 e. The van der Waals surface area contributed by atoms with Crippen molar-refractivity contribution in [2.24, 2.45) is 0 Å². The first-order valence-corrected chi connectivity index (χ1v) is 12.9. The van der Waals surface area contributed by atoms with Crippen LogP contribution in [0.15, 0.2) is 70.2 Å². The van der Waals surface area contributed by atoms with Gasteiger partial charge in [-0.3, -0.25) is 9.69 Å². The summed E-state index contributed by atoms with van der Waals surface area (Å²) in [6, 6.07) is 16.4. The Labute approximate surface area is 201 Å². The van der Waals surface area contributed by atoms with Crippen molar-refractivity contribution in [2.45, 2.75) is 50.7 Å². The zero-order valence-electron chi connectivity index (χ0n) is 19.8. The topological polar surface area (TPSA) is 91.6 Å². The molecule has 1 aromatic heterocycles. The van der Waals surface area contributed by atoms with Gasteiger partial charge in [0.05, 0.1) is 17.7 Å². The van der Waals surface area contributed by atoms with Gasteiger partial charge in [0.2, 0.25) is 10.0 Å². The molecular weight excluding hydrogens is 450 g/mol. The normalized spacial score (nSPS) is 14.6. The van der Waals surface area contributed by atoms with E-state index in [1.54, 1.807) is 25.1 Å². The molecule has 1 aliphatic heterocycles. The number of hydrogen-bond acceptors (Lipinski definition) is 5. The van der Waals surface area contributed by atoms with Gasteiger partial charge in [-0.2, -0.15) is 0 Å². The number of nitrogens with zero attached hydrogens (tertiary/aromatic N) is 1. The van der Waals surface area contributed by atoms with Crippen LogP contribution in [0.4, 0.5) is 0 Å². The molecule has 1 aliphatic rings. The second kappa shape index (κ2) is 9.74. The molecule has 0 spiro atoms. The maximum atomic E-state index is 13.1. The van der Waals surface area contributed by atoms with E-state index in [2.05, 4.69) is 53.1 Å². The molecule has 4 rings (SSSR count). The predicted octanol–water partition coefficient (Wildman–Crippen LogP) is 3.63. The molecule has 0 saturated heterocycles. The van der Waals surface area contributed by atoms with E-state index in [4.69, 9.17) is 4.42 Å². The molecule has 0 unspecified atom stereocenters. The molecule has 2 N–H and O–H groups in total. The fourth-order valence-corrected chi connectivity index (χ4v) is 5.21. The molecule has 2 heterocycles. The molecular formula is C26H31N3O4S. The first kappa shape index (κ1) is 24.2. The van der Waals surface area contributed by atoms with Crippen LogP contribution in [0.5, 0.6) is 0 Å². The minimum absolute atomic E-state index is 0.0396. The van der Waals surface area contributed by atoms with Gasteiger partial charge in [0.1, 0.15) is 5.76 Å². The number of nitrogens with one attached hydrogen (secondary N) is 2. The number of amides is 1. The van der Waals surface area contributed by atoms with Crippen molar-refractivity contribution in [1.29, 1.82) is 0 Å². The number of sulfonamides is 1. The summed E-state index contributed by atoms with van der Waals surface area (Å²) in [7, 11) is -3.80. The lowest BCUT2D eigenvalue weighted by Gasteiger charge is -2.41. The lowest BCUT2D eigenvalue weighted by atomic mass is 9.94. The summed E-state index contributed by atoms with van der Waals surface area (Å²) in [6.45, 7) is 8.29. The highest BCUT2D eigenvalue weighted by atomic mass is 32.2. The quantitative estimate of drug-likeness (QED) is 0.513. The van der Waals surface area contributed by atoms with E-state index in [0.29, 0.717) is 23.4 Å². The molecule has 1 amide bonds. The van der Waals surface area contributed by atoms with Gasteiger partial charge < -0.3 is 9.73 Å². The van der Waals surface area contributed by atoms with Crippen molar-refractivity contribution in [1.82, 2.24) is 14.9 Å². The van der Waals surface area contributed by atoms with E-state index in [9.17, 15) is 13.2 Å². The van der Waals surface area contributed by atoms with Crippen molar-refractivity contribution in [3.8, 4) is 0 Å². The number of aryl methyl sites for hydroxylation is 1. The number of fused-ring (bicyclic) bond motifs is 1. The summed E-state index contributed by atoms with van der Waals surface area (Å²) in [5.74, 6) is 0.224. The molecule has 0 fully saturated rings. The summed E-state index contributed by atoms with van der Waals surface area (Å²) < 4.78 is 33.2. The lowest BCUT2D eigenvalue weighted by Crippen LogP contribution is -2.53. The van der Waals surface area contributed by atoms with Crippen LogP contribution >= 0.6 is 0 Å². The van der Waals surface area contributed by atoms with Crippen LogP contribution in [0, 0.1) is 6.92 Å². The van der Waals surface area contributed by atoms with Gasteiger partial charge in [-0.1, -0.05) is 30.3 Å². The van der Waals surface area contributed by atoms with Crippen molar-refractivity contribution >= 4 is 15.9 Å². The molecule has 2 aromatic carbocycles. The Morgan fingerprint density at radius 2 is 1.85 bits per heavy atom. The fraction of sp³-hybridized carbons (Fsp3) is 0.346. The molecule has 0 atom stereocenters. The standard InChI is InChI=1S/C26H31N3O4S/c1-19-10-11-23(34(31,32)28-16-22-9-6-14-33-22)15-24(19)25(30)27-18-26(2,3)29-13-12-20-7-4-5-8-21(20)17-29/h4-11,14-15,28H,12-13,16-18H2,1-3H3,(H,27,30). The second-order valence-electron chi connectivity index (χ2n) is 9.32. The van der Waals surface area contributed by atoms with E-state index < -0.39 is 10.0 Å². The van der Waals surface area contributed by atoms with Crippen molar-refractivity contribution < 1.29 is 17.6 Å². The summed E-state index contributed by atoms with van der Waals surface area (Å²) in [5.41, 5.74) is 3.51. The Bertz CT molecular complexity index is 1270. The van der Waals surface area contributed by atoms with Crippen LogP contribution in [0.3, 0.4) is 0 Å². The van der Waals surface area contributed by atoms with E-state index in [1.807, 2.05) is 0 Å². The Balaban J connectivity index is 1.42. The Kier molecular flexibility index (Phi) is 6.93. The lowest BCUT2D eigenvalue weighted by molar-refractivity contribution is 0.0825. The average molecular weight is 482 g/mol. The largest absolute Gasteiger partial charge is 0.468 e. The van der Waals surface area contributed by atoms with Gasteiger partial charge in [-0.15, -0.1) is 0 Å². The van der Waals surface area contributed by atoms with Crippen LogP contribution in [0.25, 0.3) is 0 Å². The zero-order valence-corrected chi connectivity index (χ0v) is 20.6. The van der Waals surface area contributed by atoms with Crippen LogP contribution in [-0.4, -0.2) is 37.9 Å². The van der Waals surface area contributed by atoms with Gasteiger partial charge in [0, 0.05) is 30.7 Å². The summed E-state index contributed by atoms with van der Waals surface area (Å²) in [5, 5.41) is 3.02. The number of furan rings is 1. The molecule has 0 radical (unpaired) electrons. The number of benzene rings is 2. The van der Waals surface area contributed by atoms with Gasteiger partial charge in [0.15, 0.2) is 0 Å². The summed E-state index contributed by atoms with van der Waals surface area (Å²) in [4.78, 5) is 15.5. The molecule has 8 heteroatoms. The van der Waals surface area contributed by atoms with Gasteiger partial charge in [0.25, 0.3) is 5.91 Å². The average Bonchev–Trinajstić information content (AvgIpc) is 3.35. The van der Waals surface area contributed by atoms with E-state index >= 15 is 0 Å². The molecule has 34 heavy (non-hydrogen) atoms. The first-order chi connectivity index (χ1) is 16.2. The molecule has 0 bridgehead atoms. The van der Waals surface area contributed by atoms with Crippen molar-refractivity contribution in [3.63, 3.8) is 0 Å². The van der Waals surface area contributed by atoms with Crippen molar-refractivity contribution in [3.05, 3.63) is 88.9 Å². The van der Waals surface area contributed by atoms with E-state index in [0.717, 1.165) is 19.5 Å². The highest BCUT2D eigenvalue weighted by Crippen LogP contribution is 2.25. The Morgan fingerprint density at radius 1 is 1.09 bits per heavy atom. The number of carbonyl (C=O) groups excluding carboxylic acids is 1. The maximum absolute atomic E-state index is 13.1. The number of carbonyl (C=O) groups is 1. The monoisotopic (exact) mass is 481 g/mol. The van der Waals surface area contributed by atoms with Gasteiger partial charge in [-0.05, 0) is 68.1 Å². The molecule has 7 nitrogen and oxygen atoms in total. The third kappa shape index (κ3) is 5.41. The third-order valence-electron chi connectivity index (χ3n) is 6.45. The fourth-order valence-electron chi connectivity index (χ4n) is 4.19.